The number of aromatic nitrogens is 2. The van der Waals surface area contributed by atoms with Gasteiger partial charge in [0.2, 0.25) is 11.7 Å². The number of hydrogen-bond donors (Lipinski definition) is 1. The Morgan fingerprint density at radius 1 is 1.14 bits per heavy atom. The fourth-order valence-electron chi connectivity index (χ4n) is 3.68. The maximum Gasteiger partial charge on any atom is 0.247 e. The number of methoxy groups -OCH3 is 2. The number of nitrogens with zero attached hydrogens (tertiary/aromatic N) is 2. The Morgan fingerprint density at radius 3 is 2.47 bits per heavy atom. The molecule has 0 radical (unpaired) electrons. The summed E-state index contributed by atoms with van der Waals surface area (Å²) in [6, 6.07) is 7.74. The van der Waals surface area contributed by atoms with E-state index in [1.165, 1.54) is 32.6 Å². The Labute approximate surface area is 204 Å². The van der Waals surface area contributed by atoms with Gasteiger partial charge in [0.25, 0.3) is 0 Å². The van der Waals surface area contributed by atoms with E-state index in [9.17, 15) is 18.4 Å². The lowest BCUT2D eigenvalue weighted by Gasteiger charge is -2.12. The first-order chi connectivity index (χ1) is 17.3. The van der Waals surface area contributed by atoms with E-state index in [1.807, 2.05) is 13.0 Å². The molecule has 0 saturated heterocycles. The molecule has 0 saturated carbocycles. The van der Waals surface area contributed by atoms with Crippen LogP contribution in [0.1, 0.15) is 33.1 Å². The summed E-state index contributed by atoms with van der Waals surface area (Å²) in [5.74, 6) is -4.42. The van der Waals surface area contributed by atoms with Crippen molar-refractivity contribution in [1.82, 2.24) is 9.97 Å². The van der Waals surface area contributed by atoms with Crippen molar-refractivity contribution in [3.05, 3.63) is 89.1 Å². The SMILES string of the molecule is C=CC(=O)Nc1cccc(C)c1Cc1ncc2oc(C(=O)c3c(F)c(OC)cc(OC)c3F)cc2n1. The molecule has 2 heterocycles. The summed E-state index contributed by atoms with van der Waals surface area (Å²) in [5, 5.41) is 2.76. The van der Waals surface area contributed by atoms with Crippen molar-refractivity contribution >= 4 is 28.5 Å². The first kappa shape index (κ1) is 24.5. The summed E-state index contributed by atoms with van der Waals surface area (Å²) in [5.41, 5.74) is 1.83. The van der Waals surface area contributed by atoms with Gasteiger partial charge in [0, 0.05) is 24.2 Å². The molecule has 4 rings (SSSR count). The van der Waals surface area contributed by atoms with E-state index < -0.39 is 23.0 Å². The van der Waals surface area contributed by atoms with Crippen LogP contribution >= 0.6 is 0 Å². The number of carbonyl (C=O) groups is 2. The van der Waals surface area contributed by atoms with Gasteiger partial charge in [0.05, 0.1) is 20.4 Å². The molecule has 8 nitrogen and oxygen atoms in total. The number of ether oxygens (including phenoxy) is 2. The van der Waals surface area contributed by atoms with Gasteiger partial charge in [0.1, 0.15) is 16.9 Å². The highest BCUT2D eigenvalue weighted by Gasteiger charge is 2.28. The van der Waals surface area contributed by atoms with Gasteiger partial charge in [-0.05, 0) is 30.2 Å². The van der Waals surface area contributed by atoms with Crippen LogP contribution < -0.4 is 14.8 Å². The first-order valence-electron chi connectivity index (χ1n) is 10.7. The highest BCUT2D eigenvalue weighted by atomic mass is 19.1. The van der Waals surface area contributed by atoms with Gasteiger partial charge in [-0.2, -0.15) is 0 Å². The monoisotopic (exact) mass is 493 g/mol. The van der Waals surface area contributed by atoms with E-state index in [1.54, 1.807) is 12.1 Å². The molecule has 2 aromatic heterocycles. The summed E-state index contributed by atoms with van der Waals surface area (Å²) in [4.78, 5) is 33.5. The van der Waals surface area contributed by atoms with Crippen LogP contribution in [0.2, 0.25) is 0 Å². The maximum atomic E-state index is 14.8. The van der Waals surface area contributed by atoms with Crippen LogP contribution in [0.5, 0.6) is 11.5 Å². The summed E-state index contributed by atoms with van der Waals surface area (Å²) in [6.07, 6.45) is 2.80. The second kappa shape index (κ2) is 9.95. The van der Waals surface area contributed by atoms with Crippen molar-refractivity contribution in [3.8, 4) is 11.5 Å². The number of benzene rings is 2. The molecule has 0 bridgehead atoms. The Bertz CT molecular complexity index is 1490. The lowest BCUT2D eigenvalue weighted by atomic mass is 10.0. The topological polar surface area (TPSA) is 104 Å². The molecular weight excluding hydrogens is 472 g/mol. The zero-order valence-corrected chi connectivity index (χ0v) is 19.6. The quantitative estimate of drug-likeness (QED) is 0.278. The Kier molecular flexibility index (Phi) is 6.77. The molecule has 0 aliphatic heterocycles. The smallest absolute Gasteiger partial charge is 0.247 e. The normalized spacial score (nSPS) is 10.8. The number of nitrogens with one attached hydrogen (secondary N) is 1. The summed E-state index contributed by atoms with van der Waals surface area (Å²) in [6.45, 7) is 5.35. The molecule has 0 spiro atoms. The van der Waals surface area contributed by atoms with Crippen molar-refractivity contribution in [2.75, 3.05) is 19.5 Å². The third-order valence-electron chi connectivity index (χ3n) is 5.53. The van der Waals surface area contributed by atoms with E-state index in [0.717, 1.165) is 17.2 Å². The molecule has 0 aliphatic rings. The number of ketones is 1. The molecule has 10 heteroatoms. The van der Waals surface area contributed by atoms with Crippen LogP contribution in [-0.4, -0.2) is 35.9 Å². The Balaban J connectivity index is 1.70. The van der Waals surface area contributed by atoms with Crippen LogP contribution in [0.25, 0.3) is 11.1 Å². The van der Waals surface area contributed by atoms with Crippen LogP contribution in [-0.2, 0) is 11.2 Å². The summed E-state index contributed by atoms with van der Waals surface area (Å²) >= 11 is 0. The average molecular weight is 493 g/mol. The average Bonchev–Trinajstić information content (AvgIpc) is 3.30. The predicted molar refractivity (Wildman–Crippen MR) is 128 cm³/mol. The highest BCUT2D eigenvalue weighted by Crippen LogP contribution is 2.33. The molecule has 0 fully saturated rings. The number of amides is 1. The number of halogens is 2. The second-order valence-electron chi connectivity index (χ2n) is 7.73. The van der Waals surface area contributed by atoms with Gasteiger partial charge in [-0.1, -0.05) is 18.7 Å². The third kappa shape index (κ3) is 4.52. The lowest BCUT2D eigenvalue weighted by Crippen LogP contribution is -2.11. The van der Waals surface area contributed by atoms with E-state index in [2.05, 4.69) is 21.9 Å². The number of rotatable bonds is 8. The van der Waals surface area contributed by atoms with Gasteiger partial charge < -0.3 is 19.2 Å². The van der Waals surface area contributed by atoms with Gasteiger partial charge in [-0.25, -0.2) is 18.7 Å². The molecule has 1 amide bonds. The minimum Gasteiger partial charge on any atom is -0.494 e. The van der Waals surface area contributed by atoms with E-state index in [4.69, 9.17) is 13.9 Å². The fraction of sp³-hybridized carbons (Fsp3) is 0.154. The molecular formula is C26H21F2N3O5. The van der Waals surface area contributed by atoms with Crippen LogP contribution in [0, 0.1) is 18.6 Å². The standard InChI is InChI=1S/C26H21F2N3O5/c1-5-22(32)31-15-8-6-7-13(2)14(15)9-21-29-12-20-16(30-21)10-19(36-20)26(33)23-24(27)17(34-3)11-18(35-4)25(23)28/h5-8,10-12H,1,9H2,2-4H3,(H,31,32). The number of fused-ring (bicyclic) bond motifs is 1. The molecule has 0 aliphatic carbocycles. The minimum absolute atomic E-state index is 0.155. The number of aryl methyl sites for hydroxylation is 1. The first-order valence-corrected chi connectivity index (χ1v) is 10.7. The van der Waals surface area contributed by atoms with Gasteiger partial charge in [-0.3, -0.25) is 9.59 Å². The van der Waals surface area contributed by atoms with Crippen molar-refractivity contribution < 1.29 is 32.3 Å². The van der Waals surface area contributed by atoms with E-state index in [0.29, 0.717) is 11.5 Å². The van der Waals surface area contributed by atoms with E-state index >= 15 is 0 Å². The summed E-state index contributed by atoms with van der Waals surface area (Å²) < 4.78 is 44.9. The van der Waals surface area contributed by atoms with Crippen LogP contribution in [0.3, 0.4) is 0 Å². The van der Waals surface area contributed by atoms with Crippen molar-refractivity contribution in [3.63, 3.8) is 0 Å². The van der Waals surface area contributed by atoms with Gasteiger partial charge >= 0.3 is 0 Å². The van der Waals surface area contributed by atoms with E-state index in [-0.39, 0.29) is 40.7 Å². The number of anilines is 1. The second-order valence-corrected chi connectivity index (χ2v) is 7.73. The molecule has 2 aromatic carbocycles. The lowest BCUT2D eigenvalue weighted by molar-refractivity contribution is -0.111. The van der Waals surface area contributed by atoms with Crippen molar-refractivity contribution in [1.29, 1.82) is 0 Å². The largest absolute Gasteiger partial charge is 0.494 e. The summed E-state index contributed by atoms with van der Waals surface area (Å²) in [7, 11) is 2.37. The maximum absolute atomic E-state index is 14.8. The van der Waals surface area contributed by atoms with Gasteiger partial charge in [0.15, 0.2) is 34.5 Å². The highest BCUT2D eigenvalue weighted by molar-refractivity contribution is 6.09. The number of carbonyl (C=O) groups excluding carboxylic acids is 2. The van der Waals surface area contributed by atoms with Crippen LogP contribution in [0.4, 0.5) is 14.5 Å². The van der Waals surface area contributed by atoms with Crippen LogP contribution in [0.15, 0.2) is 53.6 Å². The van der Waals surface area contributed by atoms with Crippen molar-refractivity contribution in [2.45, 2.75) is 13.3 Å². The fourth-order valence-corrected chi connectivity index (χ4v) is 3.68. The third-order valence-corrected chi connectivity index (χ3v) is 5.53. The predicted octanol–water partition coefficient (Wildman–Crippen LogP) is 4.77. The Morgan fingerprint density at radius 2 is 1.83 bits per heavy atom. The zero-order valence-electron chi connectivity index (χ0n) is 19.6. The molecule has 0 unspecified atom stereocenters. The number of furan rings is 1. The minimum atomic E-state index is -1.18. The molecule has 4 aromatic rings. The zero-order chi connectivity index (χ0) is 26.0. The molecule has 36 heavy (non-hydrogen) atoms. The van der Waals surface area contributed by atoms with Crippen molar-refractivity contribution in [2.24, 2.45) is 0 Å². The molecule has 1 N–H and O–H groups in total. The van der Waals surface area contributed by atoms with Gasteiger partial charge in [-0.15, -0.1) is 0 Å². The Hall–Kier alpha value is -4.60. The molecule has 184 valence electrons. The number of hydrogen-bond acceptors (Lipinski definition) is 7. The molecule has 0 atom stereocenters.